The number of hydrogen-bond acceptors (Lipinski definition) is 2. The van der Waals surface area contributed by atoms with Crippen molar-refractivity contribution in [2.45, 2.75) is 52.6 Å². The number of fused-ring (bicyclic) bond motifs is 1. The van der Waals surface area contributed by atoms with Crippen LogP contribution in [0, 0.1) is 11.8 Å². The summed E-state index contributed by atoms with van der Waals surface area (Å²) in [6, 6.07) is 8.17. The van der Waals surface area contributed by atoms with E-state index in [1.165, 1.54) is 0 Å². The molecule has 4 nitrogen and oxygen atoms in total. The number of aryl methyl sites for hydroxylation is 1. The highest BCUT2D eigenvalue weighted by atomic mass is 16.2. The molecule has 1 aromatic carbocycles. The van der Waals surface area contributed by atoms with E-state index < -0.39 is 0 Å². The number of amides is 1. The van der Waals surface area contributed by atoms with E-state index in [1.807, 2.05) is 25.1 Å². The van der Waals surface area contributed by atoms with Gasteiger partial charge >= 0.3 is 0 Å². The van der Waals surface area contributed by atoms with E-state index in [0.717, 1.165) is 42.7 Å². The van der Waals surface area contributed by atoms with Crippen molar-refractivity contribution in [3.63, 3.8) is 0 Å². The summed E-state index contributed by atoms with van der Waals surface area (Å²) in [4.78, 5) is 16.8. The monoisotopic (exact) mass is 299 g/mol. The first kappa shape index (κ1) is 15.1. The van der Waals surface area contributed by atoms with Gasteiger partial charge < -0.3 is 9.88 Å². The van der Waals surface area contributed by atoms with Crippen molar-refractivity contribution in [3.05, 3.63) is 30.1 Å². The normalized spacial score (nSPS) is 16.2. The van der Waals surface area contributed by atoms with E-state index in [4.69, 9.17) is 4.98 Å². The van der Waals surface area contributed by atoms with Crippen LogP contribution in [-0.4, -0.2) is 15.5 Å². The first-order chi connectivity index (χ1) is 10.6. The molecule has 22 heavy (non-hydrogen) atoms. The number of rotatable bonds is 6. The molecule has 1 N–H and O–H groups in total. The number of para-hydroxylation sites is 2. The summed E-state index contributed by atoms with van der Waals surface area (Å²) in [5.41, 5.74) is 2.17. The highest BCUT2D eigenvalue weighted by Crippen LogP contribution is 2.30. The molecular formula is C18H25N3O. The van der Waals surface area contributed by atoms with Crippen LogP contribution in [0.15, 0.2) is 24.3 Å². The average molecular weight is 299 g/mol. The van der Waals surface area contributed by atoms with Gasteiger partial charge in [-0.25, -0.2) is 4.98 Å². The predicted octanol–water partition coefficient (Wildman–Crippen LogP) is 3.67. The van der Waals surface area contributed by atoms with Crippen molar-refractivity contribution in [1.82, 2.24) is 14.9 Å². The first-order valence-electron chi connectivity index (χ1n) is 8.31. The second-order valence-corrected chi connectivity index (χ2v) is 6.80. The number of carbonyl (C=O) groups excluding carboxylic acids is 1. The fraction of sp³-hybridized carbons (Fsp3) is 0.556. The number of nitrogens with one attached hydrogen (secondary N) is 1. The van der Waals surface area contributed by atoms with Gasteiger partial charge in [-0.1, -0.05) is 26.0 Å². The smallest absolute Gasteiger partial charge is 0.223 e. The van der Waals surface area contributed by atoms with Gasteiger partial charge in [0.05, 0.1) is 17.1 Å². The van der Waals surface area contributed by atoms with Crippen molar-refractivity contribution in [1.29, 1.82) is 0 Å². The van der Waals surface area contributed by atoms with Crippen molar-refractivity contribution in [3.8, 4) is 0 Å². The fourth-order valence-corrected chi connectivity index (χ4v) is 2.79. The number of hydrogen-bond donors (Lipinski definition) is 1. The Balaban J connectivity index is 1.88. The maximum Gasteiger partial charge on any atom is 0.223 e. The van der Waals surface area contributed by atoms with Gasteiger partial charge in [0, 0.05) is 12.5 Å². The lowest BCUT2D eigenvalue weighted by Gasteiger charge is -2.17. The molecule has 1 aromatic heterocycles. The zero-order valence-electron chi connectivity index (χ0n) is 13.7. The number of nitrogens with zero attached hydrogens (tertiary/aromatic N) is 2. The second-order valence-electron chi connectivity index (χ2n) is 6.80. The van der Waals surface area contributed by atoms with E-state index in [1.54, 1.807) is 0 Å². The lowest BCUT2D eigenvalue weighted by atomic mass is 10.1. The summed E-state index contributed by atoms with van der Waals surface area (Å²) in [6.07, 6.45) is 3.17. The lowest BCUT2D eigenvalue weighted by molar-refractivity contribution is -0.123. The van der Waals surface area contributed by atoms with E-state index in [0.29, 0.717) is 5.92 Å². The summed E-state index contributed by atoms with van der Waals surface area (Å²) >= 11 is 0. The maximum atomic E-state index is 12.0. The summed E-state index contributed by atoms with van der Waals surface area (Å²) in [5, 5.41) is 3.12. The van der Waals surface area contributed by atoms with Gasteiger partial charge in [0.15, 0.2) is 0 Å². The molecule has 1 unspecified atom stereocenters. The topological polar surface area (TPSA) is 46.9 Å². The SMILES string of the molecule is CC(C)CCn1c(C(C)NC(=O)C2CC2)nc2ccccc21. The molecule has 0 spiro atoms. The van der Waals surface area contributed by atoms with Crippen molar-refractivity contribution < 1.29 is 4.79 Å². The zero-order valence-corrected chi connectivity index (χ0v) is 13.7. The Morgan fingerprint density at radius 2 is 2.05 bits per heavy atom. The number of aromatic nitrogens is 2. The third-order valence-electron chi connectivity index (χ3n) is 4.31. The Morgan fingerprint density at radius 1 is 1.32 bits per heavy atom. The molecule has 1 heterocycles. The molecule has 1 atom stereocenters. The van der Waals surface area contributed by atoms with Crippen molar-refractivity contribution in [2.24, 2.45) is 11.8 Å². The quantitative estimate of drug-likeness (QED) is 0.884. The van der Waals surface area contributed by atoms with Gasteiger partial charge in [-0.2, -0.15) is 0 Å². The maximum absolute atomic E-state index is 12.0. The van der Waals surface area contributed by atoms with Crippen LogP contribution in [0.3, 0.4) is 0 Å². The van der Waals surface area contributed by atoms with E-state index >= 15 is 0 Å². The van der Waals surface area contributed by atoms with Gasteiger partial charge in [0.1, 0.15) is 5.82 Å². The van der Waals surface area contributed by atoms with Crippen molar-refractivity contribution >= 4 is 16.9 Å². The second kappa shape index (κ2) is 6.11. The molecule has 2 aromatic rings. The zero-order chi connectivity index (χ0) is 15.7. The molecule has 1 aliphatic carbocycles. The van der Waals surface area contributed by atoms with E-state index in [9.17, 15) is 4.79 Å². The average Bonchev–Trinajstić information content (AvgIpc) is 3.26. The van der Waals surface area contributed by atoms with Crippen LogP contribution < -0.4 is 5.32 Å². The summed E-state index contributed by atoms with van der Waals surface area (Å²) in [5.74, 6) is 2.02. The Kier molecular flexibility index (Phi) is 4.19. The molecular weight excluding hydrogens is 274 g/mol. The third kappa shape index (κ3) is 3.16. The predicted molar refractivity (Wildman–Crippen MR) is 88.5 cm³/mol. The van der Waals surface area contributed by atoms with E-state index in [-0.39, 0.29) is 17.9 Å². The Hall–Kier alpha value is -1.84. The van der Waals surface area contributed by atoms with Gasteiger partial charge in [-0.05, 0) is 44.2 Å². The van der Waals surface area contributed by atoms with Gasteiger partial charge in [-0.15, -0.1) is 0 Å². The molecule has 3 rings (SSSR count). The van der Waals surface area contributed by atoms with Crippen LogP contribution >= 0.6 is 0 Å². The first-order valence-corrected chi connectivity index (χ1v) is 8.31. The number of benzene rings is 1. The fourth-order valence-electron chi connectivity index (χ4n) is 2.79. The minimum Gasteiger partial charge on any atom is -0.346 e. The molecule has 1 aliphatic rings. The summed E-state index contributed by atoms with van der Waals surface area (Å²) < 4.78 is 2.27. The molecule has 0 saturated heterocycles. The van der Waals surface area contributed by atoms with Crippen LogP contribution in [0.25, 0.3) is 11.0 Å². The third-order valence-corrected chi connectivity index (χ3v) is 4.31. The Labute approximate surface area is 131 Å². The molecule has 4 heteroatoms. The van der Waals surface area contributed by atoms with Crippen LogP contribution in [0.1, 0.15) is 51.9 Å². The molecule has 1 amide bonds. The highest BCUT2D eigenvalue weighted by Gasteiger charge is 2.31. The largest absolute Gasteiger partial charge is 0.346 e. The molecule has 1 saturated carbocycles. The number of carbonyl (C=O) groups is 1. The van der Waals surface area contributed by atoms with Crippen LogP contribution in [0.2, 0.25) is 0 Å². The Morgan fingerprint density at radius 3 is 2.73 bits per heavy atom. The molecule has 0 bridgehead atoms. The minimum atomic E-state index is -0.0485. The van der Waals surface area contributed by atoms with E-state index in [2.05, 4.69) is 29.8 Å². The van der Waals surface area contributed by atoms with Crippen molar-refractivity contribution in [2.75, 3.05) is 0 Å². The molecule has 1 fully saturated rings. The van der Waals surface area contributed by atoms with Gasteiger partial charge in [-0.3, -0.25) is 4.79 Å². The van der Waals surface area contributed by atoms with Crippen LogP contribution in [0.5, 0.6) is 0 Å². The highest BCUT2D eigenvalue weighted by molar-refractivity contribution is 5.81. The number of imidazole rings is 1. The summed E-state index contributed by atoms with van der Waals surface area (Å²) in [6.45, 7) is 7.44. The summed E-state index contributed by atoms with van der Waals surface area (Å²) in [7, 11) is 0. The molecule has 0 radical (unpaired) electrons. The Bertz CT molecular complexity index is 670. The van der Waals surface area contributed by atoms with Crippen LogP contribution in [0.4, 0.5) is 0 Å². The standard InChI is InChI=1S/C18H25N3O/c1-12(2)10-11-21-16-7-5-4-6-15(16)20-17(21)13(3)19-18(22)14-8-9-14/h4-7,12-14H,8-11H2,1-3H3,(H,19,22). The minimum absolute atomic E-state index is 0.0485. The van der Waals surface area contributed by atoms with Gasteiger partial charge in [0.2, 0.25) is 5.91 Å². The lowest BCUT2D eigenvalue weighted by Crippen LogP contribution is -2.30. The molecule has 118 valence electrons. The molecule has 0 aliphatic heterocycles. The van der Waals surface area contributed by atoms with Crippen LogP contribution in [-0.2, 0) is 11.3 Å². The van der Waals surface area contributed by atoms with Gasteiger partial charge in [0.25, 0.3) is 0 Å².